The van der Waals surface area contributed by atoms with Gasteiger partial charge in [0, 0.05) is 17.4 Å². The van der Waals surface area contributed by atoms with Crippen molar-refractivity contribution in [1.29, 1.82) is 0 Å². The molecule has 88 valence electrons. The summed E-state index contributed by atoms with van der Waals surface area (Å²) in [4.78, 5) is 11.8. The lowest BCUT2D eigenvalue weighted by Crippen LogP contribution is -2.21. The predicted molar refractivity (Wildman–Crippen MR) is 69.1 cm³/mol. The topological polar surface area (TPSA) is 17.1 Å². The molecular weight excluding hydrogens is 220 g/mol. The van der Waals surface area contributed by atoms with E-state index in [1.165, 1.54) is 0 Å². The molecule has 0 aromatic heterocycles. The lowest BCUT2D eigenvalue weighted by molar-refractivity contribution is 0.0976. The lowest BCUT2D eigenvalue weighted by atomic mass is 9.88. The molecule has 2 heteroatoms. The maximum atomic E-state index is 11.8. The van der Waals surface area contributed by atoms with Crippen molar-refractivity contribution in [3.63, 3.8) is 0 Å². The Bertz CT molecular complexity index is 338. The minimum Gasteiger partial charge on any atom is -0.294 e. The number of hydrogen-bond acceptors (Lipinski definition) is 1. The van der Waals surface area contributed by atoms with Crippen LogP contribution >= 0.6 is 11.6 Å². The second-order valence-corrected chi connectivity index (χ2v) is 5.69. The minimum absolute atomic E-state index is 0.0418. The standard InChI is InChI=1S/C14H19ClO/c1-14(2,3)13(15)10-9-12(16)11-7-5-4-6-8-11/h4-8,13H,9-10H2,1-3H3. The molecule has 0 aliphatic carbocycles. The van der Waals surface area contributed by atoms with E-state index in [-0.39, 0.29) is 16.6 Å². The summed E-state index contributed by atoms with van der Waals surface area (Å²) in [6.07, 6.45) is 1.26. The number of carbonyl (C=O) groups is 1. The zero-order valence-electron chi connectivity index (χ0n) is 10.2. The van der Waals surface area contributed by atoms with Crippen LogP contribution in [0.25, 0.3) is 0 Å². The van der Waals surface area contributed by atoms with Crippen LogP contribution in [0.15, 0.2) is 30.3 Å². The van der Waals surface area contributed by atoms with E-state index in [1.807, 2.05) is 30.3 Å². The Hall–Kier alpha value is -0.820. The van der Waals surface area contributed by atoms with Crippen molar-refractivity contribution in [2.24, 2.45) is 5.41 Å². The van der Waals surface area contributed by atoms with E-state index in [1.54, 1.807) is 0 Å². The highest BCUT2D eigenvalue weighted by molar-refractivity contribution is 6.21. The molecule has 0 saturated heterocycles. The number of Topliss-reactive ketones (excluding diaryl/α,β-unsaturated/α-hetero) is 1. The Morgan fingerprint density at radius 2 is 1.81 bits per heavy atom. The summed E-state index contributed by atoms with van der Waals surface area (Å²) in [5.41, 5.74) is 0.832. The third-order valence-corrected chi connectivity index (χ3v) is 3.53. The molecule has 1 atom stereocenters. The van der Waals surface area contributed by atoms with Gasteiger partial charge < -0.3 is 0 Å². The van der Waals surface area contributed by atoms with Crippen LogP contribution < -0.4 is 0 Å². The van der Waals surface area contributed by atoms with Gasteiger partial charge in [-0.25, -0.2) is 0 Å². The molecule has 0 N–H and O–H groups in total. The van der Waals surface area contributed by atoms with Crippen LogP contribution in [-0.4, -0.2) is 11.2 Å². The van der Waals surface area contributed by atoms with Gasteiger partial charge in [0.25, 0.3) is 0 Å². The first-order valence-corrected chi connectivity index (χ1v) is 6.07. The van der Waals surface area contributed by atoms with Crippen molar-refractivity contribution >= 4 is 17.4 Å². The summed E-state index contributed by atoms with van der Waals surface area (Å²) in [6, 6.07) is 9.38. The van der Waals surface area contributed by atoms with E-state index in [0.717, 1.165) is 12.0 Å². The van der Waals surface area contributed by atoms with Gasteiger partial charge in [0.15, 0.2) is 5.78 Å². The SMILES string of the molecule is CC(C)(C)C(Cl)CCC(=O)c1ccccc1. The van der Waals surface area contributed by atoms with Gasteiger partial charge in [-0.05, 0) is 11.8 Å². The molecule has 0 saturated carbocycles. The van der Waals surface area contributed by atoms with Crippen molar-refractivity contribution in [3.05, 3.63) is 35.9 Å². The van der Waals surface area contributed by atoms with E-state index in [0.29, 0.717) is 6.42 Å². The fraction of sp³-hybridized carbons (Fsp3) is 0.500. The quantitative estimate of drug-likeness (QED) is 0.565. The number of halogens is 1. The second kappa shape index (κ2) is 5.49. The van der Waals surface area contributed by atoms with Gasteiger partial charge in [-0.1, -0.05) is 51.1 Å². The summed E-state index contributed by atoms with van der Waals surface area (Å²) in [5.74, 6) is 0.176. The molecule has 0 heterocycles. The number of alkyl halides is 1. The number of ketones is 1. The monoisotopic (exact) mass is 238 g/mol. The second-order valence-electron chi connectivity index (χ2n) is 5.16. The van der Waals surface area contributed by atoms with Crippen molar-refractivity contribution in [2.75, 3.05) is 0 Å². The van der Waals surface area contributed by atoms with E-state index in [4.69, 9.17) is 11.6 Å². The highest BCUT2D eigenvalue weighted by atomic mass is 35.5. The van der Waals surface area contributed by atoms with Crippen molar-refractivity contribution < 1.29 is 4.79 Å². The van der Waals surface area contributed by atoms with Crippen LogP contribution in [0.2, 0.25) is 0 Å². The Balaban J connectivity index is 2.48. The van der Waals surface area contributed by atoms with Crippen LogP contribution in [0.4, 0.5) is 0 Å². The summed E-state index contributed by atoms with van der Waals surface area (Å²) < 4.78 is 0. The van der Waals surface area contributed by atoms with Gasteiger partial charge >= 0.3 is 0 Å². The van der Waals surface area contributed by atoms with Crippen LogP contribution in [0.1, 0.15) is 44.0 Å². The molecular formula is C14H19ClO. The van der Waals surface area contributed by atoms with Gasteiger partial charge in [-0.15, -0.1) is 11.6 Å². The number of hydrogen-bond donors (Lipinski definition) is 0. The van der Waals surface area contributed by atoms with Gasteiger partial charge in [0.05, 0.1) is 0 Å². The first-order valence-electron chi connectivity index (χ1n) is 5.63. The molecule has 0 fully saturated rings. The molecule has 0 bridgehead atoms. The molecule has 1 aromatic carbocycles. The number of rotatable bonds is 4. The molecule has 0 aliphatic heterocycles. The van der Waals surface area contributed by atoms with Crippen molar-refractivity contribution in [3.8, 4) is 0 Å². The zero-order chi connectivity index (χ0) is 12.2. The molecule has 0 aliphatic rings. The summed E-state index contributed by atoms with van der Waals surface area (Å²) >= 11 is 6.24. The third-order valence-electron chi connectivity index (χ3n) is 2.66. The predicted octanol–water partition coefficient (Wildman–Crippen LogP) is 4.30. The Morgan fingerprint density at radius 1 is 1.25 bits per heavy atom. The van der Waals surface area contributed by atoms with Crippen LogP contribution in [-0.2, 0) is 0 Å². The van der Waals surface area contributed by atoms with Gasteiger partial charge in [0.1, 0.15) is 0 Å². The van der Waals surface area contributed by atoms with Gasteiger partial charge in [-0.3, -0.25) is 4.79 Å². The van der Waals surface area contributed by atoms with E-state index >= 15 is 0 Å². The Kier molecular flexibility index (Phi) is 4.55. The number of benzene rings is 1. The summed E-state index contributed by atoms with van der Waals surface area (Å²) in [5, 5.41) is 0.0418. The molecule has 1 unspecified atom stereocenters. The molecule has 1 nitrogen and oxygen atoms in total. The van der Waals surface area contributed by atoms with Gasteiger partial charge in [-0.2, -0.15) is 0 Å². The highest BCUT2D eigenvalue weighted by Crippen LogP contribution is 2.28. The van der Waals surface area contributed by atoms with Crippen molar-refractivity contribution in [1.82, 2.24) is 0 Å². The van der Waals surface area contributed by atoms with Gasteiger partial charge in [0.2, 0.25) is 0 Å². The number of carbonyl (C=O) groups excluding carboxylic acids is 1. The summed E-state index contributed by atoms with van der Waals surface area (Å²) in [7, 11) is 0. The molecule has 1 aromatic rings. The maximum Gasteiger partial charge on any atom is 0.162 e. The van der Waals surface area contributed by atoms with Crippen LogP contribution in [0.5, 0.6) is 0 Å². The fourth-order valence-electron chi connectivity index (χ4n) is 1.46. The molecule has 16 heavy (non-hydrogen) atoms. The van der Waals surface area contributed by atoms with Crippen LogP contribution in [0, 0.1) is 5.41 Å². The lowest BCUT2D eigenvalue weighted by Gasteiger charge is -2.24. The Morgan fingerprint density at radius 3 is 2.31 bits per heavy atom. The fourth-order valence-corrected chi connectivity index (χ4v) is 1.57. The van der Waals surface area contributed by atoms with E-state index in [2.05, 4.69) is 20.8 Å². The zero-order valence-corrected chi connectivity index (χ0v) is 10.9. The third kappa shape index (κ3) is 3.97. The molecule has 0 amide bonds. The first kappa shape index (κ1) is 13.2. The Labute approximate surface area is 103 Å². The average molecular weight is 239 g/mol. The van der Waals surface area contributed by atoms with E-state index in [9.17, 15) is 4.79 Å². The first-order chi connectivity index (χ1) is 7.41. The highest BCUT2D eigenvalue weighted by Gasteiger charge is 2.22. The average Bonchev–Trinajstić information content (AvgIpc) is 2.25. The minimum atomic E-state index is 0.0418. The van der Waals surface area contributed by atoms with Crippen LogP contribution in [0.3, 0.4) is 0 Å². The molecule has 0 radical (unpaired) electrons. The molecule has 0 spiro atoms. The van der Waals surface area contributed by atoms with E-state index < -0.39 is 0 Å². The maximum absolute atomic E-state index is 11.8. The molecule has 1 rings (SSSR count). The largest absolute Gasteiger partial charge is 0.294 e. The smallest absolute Gasteiger partial charge is 0.162 e. The summed E-state index contributed by atoms with van der Waals surface area (Å²) in [6.45, 7) is 6.28. The normalized spacial score (nSPS) is 13.5. The van der Waals surface area contributed by atoms with Crippen molar-refractivity contribution in [2.45, 2.75) is 39.0 Å².